The number of aliphatic hydroxyl groups excluding tert-OH is 2. The maximum atomic E-state index is 11.5. The molecular weight excluding hydrogens is 358 g/mol. The molecule has 0 amide bonds. The molecule has 5 N–H and O–H groups in total. The average Bonchev–Trinajstić information content (AvgIpc) is 3.04. The summed E-state index contributed by atoms with van der Waals surface area (Å²) in [4.78, 5) is 11.5. The Morgan fingerprint density at radius 3 is 2.57 bits per heavy atom. The van der Waals surface area contributed by atoms with Gasteiger partial charge >= 0.3 is 5.97 Å². The number of carbonyl (C=O) groups excluding carboxylic acids is 1. The van der Waals surface area contributed by atoms with Crippen molar-refractivity contribution in [3.8, 4) is 0 Å². The third kappa shape index (κ3) is 2.57. The number of nitrogens with two attached hydrogens (primary N) is 1. The second kappa shape index (κ2) is 6.66. The first-order chi connectivity index (χ1) is 13.1. The van der Waals surface area contributed by atoms with Gasteiger partial charge < -0.3 is 25.8 Å². The summed E-state index contributed by atoms with van der Waals surface area (Å²) >= 11 is 0. The Morgan fingerprint density at radius 2 is 1.89 bits per heavy atom. The number of hydrogen-bond acceptors (Lipinski definition) is 6. The van der Waals surface area contributed by atoms with E-state index in [1.807, 2.05) is 0 Å². The van der Waals surface area contributed by atoms with E-state index in [1.165, 1.54) is 0 Å². The van der Waals surface area contributed by atoms with Gasteiger partial charge in [-0.1, -0.05) is 13.8 Å². The Morgan fingerprint density at radius 1 is 1.14 bits per heavy atom. The minimum absolute atomic E-state index is 0.0254. The van der Waals surface area contributed by atoms with Crippen LogP contribution in [0.1, 0.15) is 65.2 Å². The monoisotopic (exact) mass is 395 g/mol. The van der Waals surface area contributed by atoms with Crippen LogP contribution in [0.3, 0.4) is 0 Å². The van der Waals surface area contributed by atoms with Gasteiger partial charge in [-0.2, -0.15) is 0 Å². The minimum Gasteiger partial charge on any atom is -0.462 e. The van der Waals surface area contributed by atoms with Crippen LogP contribution in [-0.4, -0.2) is 52.8 Å². The number of ether oxygens (including phenoxy) is 1. The van der Waals surface area contributed by atoms with Gasteiger partial charge in [0.1, 0.15) is 12.2 Å². The van der Waals surface area contributed by atoms with Gasteiger partial charge in [0.05, 0.1) is 19.3 Å². The fourth-order valence-electron chi connectivity index (χ4n) is 8.18. The first-order valence-corrected chi connectivity index (χ1v) is 11.0. The third-order valence-corrected chi connectivity index (χ3v) is 9.92. The quantitative estimate of drug-likeness (QED) is 0.538. The molecule has 0 heterocycles. The minimum atomic E-state index is -0.951. The van der Waals surface area contributed by atoms with Gasteiger partial charge in [-0.15, -0.1) is 0 Å². The molecule has 8 atom stereocenters. The summed E-state index contributed by atoms with van der Waals surface area (Å²) < 4.78 is 5.25. The summed E-state index contributed by atoms with van der Waals surface area (Å²) in [6.07, 6.45) is 6.91. The number of carbonyl (C=O) groups is 1. The molecule has 4 rings (SSSR count). The summed E-state index contributed by atoms with van der Waals surface area (Å²) in [5.41, 5.74) is 4.16. The highest BCUT2D eigenvalue weighted by Crippen LogP contribution is 2.75. The Kier molecular flexibility index (Phi) is 4.89. The molecule has 4 aliphatic rings. The van der Waals surface area contributed by atoms with Crippen molar-refractivity contribution in [2.75, 3.05) is 19.8 Å². The molecule has 160 valence electrons. The molecule has 0 aliphatic heterocycles. The van der Waals surface area contributed by atoms with E-state index in [0.717, 1.165) is 44.9 Å². The molecule has 0 aromatic heterocycles. The maximum Gasteiger partial charge on any atom is 0.319 e. The van der Waals surface area contributed by atoms with E-state index in [2.05, 4.69) is 13.8 Å². The van der Waals surface area contributed by atoms with Crippen molar-refractivity contribution < 1.29 is 24.9 Å². The first-order valence-electron chi connectivity index (χ1n) is 11.0. The van der Waals surface area contributed by atoms with E-state index in [0.29, 0.717) is 18.3 Å². The van der Waals surface area contributed by atoms with E-state index in [1.54, 1.807) is 0 Å². The van der Waals surface area contributed by atoms with Crippen LogP contribution >= 0.6 is 0 Å². The van der Waals surface area contributed by atoms with Crippen LogP contribution in [0.15, 0.2) is 0 Å². The van der Waals surface area contributed by atoms with Gasteiger partial charge in [0.2, 0.25) is 0 Å². The van der Waals surface area contributed by atoms with Crippen LogP contribution < -0.4 is 5.73 Å². The van der Waals surface area contributed by atoms with Crippen molar-refractivity contribution in [3.05, 3.63) is 0 Å². The highest BCUT2D eigenvalue weighted by Gasteiger charge is 2.70. The molecule has 0 saturated heterocycles. The smallest absolute Gasteiger partial charge is 0.319 e. The second-order valence-corrected chi connectivity index (χ2v) is 10.7. The lowest BCUT2D eigenvalue weighted by molar-refractivity contribution is -0.217. The summed E-state index contributed by atoms with van der Waals surface area (Å²) in [6.45, 7) is 4.37. The van der Waals surface area contributed by atoms with Gasteiger partial charge in [0.15, 0.2) is 0 Å². The third-order valence-electron chi connectivity index (χ3n) is 9.92. The van der Waals surface area contributed by atoms with E-state index in [4.69, 9.17) is 10.5 Å². The lowest BCUT2D eigenvalue weighted by Gasteiger charge is -2.66. The zero-order chi connectivity index (χ0) is 20.4. The molecule has 1 spiro atoms. The molecule has 4 saturated carbocycles. The molecule has 0 radical (unpaired) electrons. The summed E-state index contributed by atoms with van der Waals surface area (Å²) in [7, 11) is 0. The molecule has 6 nitrogen and oxygen atoms in total. The van der Waals surface area contributed by atoms with Gasteiger partial charge in [-0.05, 0) is 80.0 Å². The van der Waals surface area contributed by atoms with Crippen molar-refractivity contribution in [2.45, 2.75) is 76.9 Å². The van der Waals surface area contributed by atoms with Crippen LogP contribution in [0.4, 0.5) is 0 Å². The highest BCUT2D eigenvalue weighted by atomic mass is 16.5. The van der Waals surface area contributed by atoms with E-state index in [-0.39, 0.29) is 36.5 Å². The Hall–Kier alpha value is -0.690. The number of esters is 1. The van der Waals surface area contributed by atoms with E-state index < -0.39 is 23.1 Å². The van der Waals surface area contributed by atoms with E-state index in [9.17, 15) is 20.1 Å². The maximum absolute atomic E-state index is 11.5. The van der Waals surface area contributed by atoms with Crippen molar-refractivity contribution in [1.29, 1.82) is 0 Å². The fraction of sp³-hybridized carbons (Fsp3) is 0.955. The van der Waals surface area contributed by atoms with Crippen molar-refractivity contribution in [1.82, 2.24) is 0 Å². The Labute approximate surface area is 167 Å². The second-order valence-electron chi connectivity index (χ2n) is 10.7. The van der Waals surface area contributed by atoms with Crippen LogP contribution in [0.25, 0.3) is 0 Å². The van der Waals surface area contributed by atoms with Crippen LogP contribution in [-0.2, 0) is 9.53 Å². The molecular formula is C22H37NO5. The van der Waals surface area contributed by atoms with Gasteiger partial charge in [0, 0.05) is 5.41 Å². The van der Waals surface area contributed by atoms with Crippen LogP contribution in [0.2, 0.25) is 0 Å². The molecule has 4 fully saturated rings. The van der Waals surface area contributed by atoms with Crippen LogP contribution in [0, 0.1) is 34.0 Å². The summed E-state index contributed by atoms with van der Waals surface area (Å²) in [5, 5.41) is 32.2. The molecule has 0 aromatic rings. The SMILES string of the molecule is C[C@@]1(CO)[C@H]2CC[C@@H]3C[C@H]4C[C@@]3(CC[C@@]4(O)COC(=O)CN)[C@]2(C)CC[C@@H]1O. The van der Waals surface area contributed by atoms with Gasteiger partial charge in [0.25, 0.3) is 0 Å². The van der Waals surface area contributed by atoms with Crippen molar-refractivity contribution >= 4 is 5.97 Å². The Balaban J connectivity index is 1.62. The molecule has 4 aliphatic carbocycles. The first kappa shape index (κ1) is 20.6. The zero-order valence-corrected chi connectivity index (χ0v) is 17.3. The predicted molar refractivity (Wildman–Crippen MR) is 104 cm³/mol. The summed E-state index contributed by atoms with van der Waals surface area (Å²) in [6, 6.07) is 0. The average molecular weight is 396 g/mol. The Bertz CT molecular complexity index is 642. The lowest BCUT2D eigenvalue weighted by Crippen LogP contribution is -2.63. The summed E-state index contributed by atoms with van der Waals surface area (Å²) in [5.74, 6) is 0.539. The van der Waals surface area contributed by atoms with Gasteiger partial charge in [-0.3, -0.25) is 4.79 Å². The number of hydrogen-bond donors (Lipinski definition) is 4. The zero-order valence-electron chi connectivity index (χ0n) is 17.3. The molecule has 28 heavy (non-hydrogen) atoms. The molecule has 0 unspecified atom stereocenters. The predicted octanol–water partition coefficient (Wildman–Crippen LogP) is 1.60. The normalized spacial score (nSPS) is 52.6. The fourth-order valence-corrected chi connectivity index (χ4v) is 8.18. The molecule has 6 heteroatoms. The lowest BCUT2D eigenvalue weighted by atomic mass is 9.39. The molecule has 2 bridgehead atoms. The van der Waals surface area contributed by atoms with Crippen molar-refractivity contribution in [2.24, 2.45) is 39.7 Å². The van der Waals surface area contributed by atoms with E-state index >= 15 is 0 Å². The number of fused-ring (bicyclic) bond motifs is 2. The molecule has 0 aromatic carbocycles. The highest BCUT2D eigenvalue weighted by molar-refractivity contribution is 5.71. The topological polar surface area (TPSA) is 113 Å². The standard InChI is InChI=1S/C22H37NO5/c1-19(12-24)16-4-3-14-9-15-10-21(14,20(16,2)6-5-17(19)25)7-8-22(15,27)13-28-18(26)11-23/h14-17,24-25,27H,3-13,23H2,1-2H3/t14-,15+,16-,17+,19-,20-,21-,22-/m1/s1. The van der Waals surface area contributed by atoms with Crippen LogP contribution in [0.5, 0.6) is 0 Å². The number of rotatable bonds is 4. The largest absolute Gasteiger partial charge is 0.462 e. The van der Waals surface area contributed by atoms with Gasteiger partial charge in [-0.25, -0.2) is 0 Å². The van der Waals surface area contributed by atoms with Crippen molar-refractivity contribution in [3.63, 3.8) is 0 Å². The number of aliphatic hydroxyl groups is 3.